The van der Waals surface area contributed by atoms with Gasteiger partial charge in [0.05, 0.1) is 11.4 Å². The van der Waals surface area contributed by atoms with Crippen molar-refractivity contribution in [3.63, 3.8) is 0 Å². The summed E-state index contributed by atoms with van der Waals surface area (Å²) in [4.78, 5) is 17.3. The van der Waals surface area contributed by atoms with Crippen LogP contribution < -0.4 is 0 Å². The summed E-state index contributed by atoms with van der Waals surface area (Å²) in [5.74, 6) is 0.708. The van der Waals surface area contributed by atoms with Crippen molar-refractivity contribution >= 4 is 43.6 Å². The number of aromatic amines is 2. The number of rotatable bonds is 5. The van der Waals surface area contributed by atoms with E-state index in [-0.39, 0.29) is 0 Å². The third-order valence-electron chi connectivity index (χ3n) is 9.80. The van der Waals surface area contributed by atoms with E-state index in [9.17, 15) is 0 Å². The fourth-order valence-electron chi connectivity index (χ4n) is 7.19. The minimum absolute atomic E-state index is 0.708. The smallest absolute Gasteiger partial charge is 0.160 e. The van der Waals surface area contributed by atoms with Crippen molar-refractivity contribution in [3.8, 4) is 56.2 Å². The summed E-state index contributed by atoms with van der Waals surface area (Å²) in [5, 5.41) is 4.98. The molecule has 0 saturated heterocycles. The highest BCUT2D eigenvalue weighted by Gasteiger charge is 2.13. The molecule has 0 radical (unpaired) electrons. The quantitative estimate of drug-likeness (QED) is 0.197. The highest BCUT2D eigenvalue weighted by Crippen LogP contribution is 2.34. The predicted octanol–water partition coefficient (Wildman–Crippen LogP) is 12.1. The largest absolute Gasteiger partial charge is 0.354 e. The molecule has 0 unspecified atom stereocenters. The van der Waals surface area contributed by atoms with E-state index in [1.54, 1.807) is 0 Å². The van der Waals surface area contributed by atoms with Gasteiger partial charge in [-0.2, -0.15) is 0 Å². The van der Waals surface area contributed by atoms with Crippen molar-refractivity contribution in [1.29, 1.82) is 0 Å². The molecule has 0 aliphatic rings. The average molecular weight is 639 g/mol. The predicted molar refractivity (Wildman–Crippen MR) is 208 cm³/mol. The Hall–Kier alpha value is -6.78. The second-order valence-corrected chi connectivity index (χ2v) is 12.8. The van der Waals surface area contributed by atoms with E-state index in [1.165, 1.54) is 32.7 Å². The molecule has 0 atom stereocenters. The molecule has 0 saturated carbocycles. The van der Waals surface area contributed by atoms with Crippen LogP contribution >= 0.6 is 0 Å². The molecule has 0 spiro atoms. The van der Waals surface area contributed by atoms with E-state index in [4.69, 9.17) is 9.97 Å². The summed E-state index contributed by atoms with van der Waals surface area (Å²) < 4.78 is 0. The molecule has 4 nitrogen and oxygen atoms in total. The van der Waals surface area contributed by atoms with Crippen LogP contribution in [0.3, 0.4) is 0 Å². The molecule has 3 aromatic heterocycles. The van der Waals surface area contributed by atoms with Gasteiger partial charge in [0.25, 0.3) is 0 Å². The van der Waals surface area contributed by atoms with Crippen LogP contribution in [0.1, 0.15) is 0 Å². The topological polar surface area (TPSA) is 57.4 Å². The summed E-state index contributed by atoms with van der Waals surface area (Å²) in [6.45, 7) is 0. The Morgan fingerprint density at radius 1 is 0.280 bits per heavy atom. The Kier molecular flexibility index (Phi) is 6.46. The summed E-state index contributed by atoms with van der Waals surface area (Å²) >= 11 is 0. The van der Waals surface area contributed by atoms with Crippen molar-refractivity contribution in [2.75, 3.05) is 0 Å². The van der Waals surface area contributed by atoms with Crippen molar-refractivity contribution in [2.45, 2.75) is 0 Å². The van der Waals surface area contributed by atoms with E-state index in [2.05, 4.69) is 162 Å². The van der Waals surface area contributed by atoms with Gasteiger partial charge < -0.3 is 9.97 Å². The third kappa shape index (κ3) is 4.85. The lowest BCUT2D eigenvalue weighted by Gasteiger charge is -2.11. The molecule has 2 N–H and O–H groups in total. The monoisotopic (exact) mass is 638 g/mol. The first-order chi connectivity index (χ1) is 24.7. The Morgan fingerprint density at radius 3 is 1.18 bits per heavy atom. The van der Waals surface area contributed by atoms with Crippen LogP contribution in [0, 0.1) is 0 Å². The fraction of sp³-hybridized carbons (Fsp3) is 0. The van der Waals surface area contributed by atoms with Gasteiger partial charge in [-0.1, -0.05) is 140 Å². The van der Waals surface area contributed by atoms with Crippen LogP contribution in [0.5, 0.6) is 0 Å². The molecule has 0 amide bonds. The van der Waals surface area contributed by atoms with Gasteiger partial charge in [-0.3, -0.25) is 0 Å². The summed E-state index contributed by atoms with van der Waals surface area (Å²) in [7, 11) is 0. The maximum atomic E-state index is 5.06. The molecule has 3 heterocycles. The van der Waals surface area contributed by atoms with Gasteiger partial charge in [-0.25, -0.2) is 9.97 Å². The summed E-state index contributed by atoms with van der Waals surface area (Å²) in [6.07, 6.45) is 0. The first-order valence-electron chi connectivity index (χ1n) is 16.9. The van der Waals surface area contributed by atoms with Gasteiger partial charge >= 0.3 is 0 Å². The molecule has 0 aliphatic heterocycles. The number of nitrogens with zero attached hydrogens (tertiary/aromatic N) is 2. The van der Waals surface area contributed by atoms with Gasteiger partial charge in [-0.05, 0) is 52.6 Å². The zero-order valence-electron chi connectivity index (χ0n) is 27.1. The Bertz CT molecular complexity index is 2670. The van der Waals surface area contributed by atoms with Crippen molar-refractivity contribution in [3.05, 3.63) is 170 Å². The maximum Gasteiger partial charge on any atom is 0.160 e. The second kappa shape index (κ2) is 11.4. The number of aromatic nitrogens is 4. The van der Waals surface area contributed by atoms with Crippen LogP contribution in [0.4, 0.5) is 0 Å². The molecular formula is C46H30N4. The number of hydrogen-bond acceptors (Lipinski definition) is 2. The molecule has 234 valence electrons. The molecule has 0 bridgehead atoms. The standard InChI is InChI=1S/C46H30N4/c1-2-8-33(9-3-1)46-49-42(31-18-14-29(15-19-31)34-22-24-38-36-10-4-6-12-40(36)47-44(38)26-34)28-43(50-46)32-20-16-30(17-21-32)35-23-25-39-37-11-5-7-13-41(37)48-45(39)27-35/h1-28,47-48H. The number of hydrogen-bond donors (Lipinski definition) is 2. The number of nitrogens with one attached hydrogen (secondary N) is 2. The minimum atomic E-state index is 0.708. The van der Waals surface area contributed by atoms with Gasteiger partial charge in [-0.15, -0.1) is 0 Å². The van der Waals surface area contributed by atoms with Crippen molar-refractivity contribution in [2.24, 2.45) is 0 Å². The van der Waals surface area contributed by atoms with E-state index >= 15 is 0 Å². The van der Waals surface area contributed by atoms with Gasteiger partial charge in [0.1, 0.15) is 0 Å². The number of fused-ring (bicyclic) bond motifs is 6. The molecule has 10 aromatic rings. The average Bonchev–Trinajstić information content (AvgIpc) is 3.76. The number of H-pyrrole nitrogens is 2. The highest BCUT2D eigenvalue weighted by atomic mass is 14.9. The lowest BCUT2D eigenvalue weighted by Crippen LogP contribution is -1.96. The van der Waals surface area contributed by atoms with E-state index in [0.717, 1.165) is 61.3 Å². The SMILES string of the molecule is c1ccc(-c2nc(-c3ccc(-c4ccc5c(c4)[nH]c4ccccc45)cc3)cc(-c3ccc(-c4ccc5c(c4)[nH]c4ccccc45)cc3)n2)cc1. The van der Waals surface area contributed by atoms with Gasteiger partial charge in [0.15, 0.2) is 5.82 Å². The lowest BCUT2D eigenvalue weighted by molar-refractivity contribution is 1.18. The molecule has 7 aromatic carbocycles. The molecule has 0 aliphatic carbocycles. The van der Waals surface area contributed by atoms with Crippen LogP contribution in [-0.2, 0) is 0 Å². The number of para-hydroxylation sites is 2. The highest BCUT2D eigenvalue weighted by molar-refractivity contribution is 6.09. The lowest BCUT2D eigenvalue weighted by atomic mass is 9.99. The molecule has 4 heteroatoms. The zero-order valence-corrected chi connectivity index (χ0v) is 27.1. The van der Waals surface area contributed by atoms with E-state index in [0.29, 0.717) is 5.82 Å². The Balaban J connectivity index is 0.999. The van der Waals surface area contributed by atoms with Crippen LogP contribution in [0.2, 0.25) is 0 Å². The Labute approximate surface area is 288 Å². The maximum absolute atomic E-state index is 5.06. The van der Waals surface area contributed by atoms with Gasteiger partial charge in [0.2, 0.25) is 0 Å². The van der Waals surface area contributed by atoms with Crippen LogP contribution in [0.15, 0.2) is 170 Å². The third-order valence-corrected chi connectivity index (χ3v) is 9.80. The molecule has 10 rings (SSSR count). The van der Waals surface area contributed by atoms with Crippen LogP contribution in [0.25, 0.3) is 99.8 Å². The zero-order chi connectivity index (χ0) is 33.0. The van der Waals surface area contributed by atoms with E-state index < -0.39 is 0 Å². The second-order valence-electron chi connectivity index (χ2n) is 12.8. The van der Waals surface area contributed by atoms with E-state index in [1.807, 2.05) is 18.2 Å². The fourth-order valence-corrected chi connectivity index (χ4v) is 7.19. The van der Waals surface area contributed by atoms with Crippen molar-refractivity contribution in [1.82, 2.24) is 19.9 Å². The normalized spacial score (nSPS) is 11.6. The first-order valence-corrected chi connectivity index (χ1v) is 16.9. The van der Waals surface area contributed by atoms with Crippen LogP contribution in [-0.4, -0.2) is 19.9 Å². The summed E-state index contributed by atoms with van der Waals surface area (Å²) in [5.41, 5.74) is 14.1. The number of benzene rings is 7. The Morgan fingerprint density at radius 2 is 0.680 bits per heavy atom. The summed E-state index contributed by atoms with van der Waals surface area (Å²) in [6, 6.07) is 59.9. The van der Waals surface area contributed by atoms with Crippen molar-refractivity contribution < 1.29 is 0 Å². The first kappa shape index (κ1) is 28.3. The van der Waals surface area contributed by atoms with Gasteiger partial charge in [0, 0.05) is 60.3 Å². The minimum Gasteiger partial charge on any atom is -0.354 e. The molecule has 0 fully saturated rings. The molecule has 50 heavy (non-hydrogen) atoms. The molecular weight excluding hydrogens is 609 g/mol.